The number of rotatable bonds is 8. The summed E-state index contributed by atoms with van der Waals surface area (Å²) in [6.07, 6.45) is 3.01. The highest BCUT2D eigenvalue weighted by Gasteiger charge is 2.52. The van der Waals surface area contributed by atoms with E-state index in [1.807, 2.05) is 13.8 Å². The standard InChI is InChI=1S/C23H27F2NO4/c1-3-4-5-6-16(2)20(27)12-11-19-15-23(24,25)22(30)26(19)14-13-17-7-9-18(10-8-17)21(28)29/h7-12,16,19-20,27H,3,6,13-15H2,1-2H3,(H,28,29)/t16?,19-,20-/m0/s1. The molecule has 0 radical (unpaired) electrons. The zero-order chi connectivity index (χ0) is 22.3. The van der Waals surface area contributed by atoms with Gasteiger partial charge in [0.1, 0.15) is 0 Å². The number of likely N-dealkylation sites (tertiary alicyclic amines) is 1. The van der Waals surface area contributed by atoms with E-state index in [9.17, 15) is 23.5 Å². The molecule has 30 heavy (non-hydrogen) atoms. The van der Waals surface area contributed by atoms with Crippen molar-refractivity contribution >= 4 is 11.9 Å². The van der Waals surface area contributed by atoms with Gasteiger partial charge in [-0.3, -0.25) is 4.79 Å². The summed E-state index contributed by atoms with van der Waals surface area (Å²) < 4.78 is 28.0. The van der Waals surface area contributed by atoms with Gasteiger partial charge in [-0.2, -0.15) is 8.78 Å². The first-order valence-electron chi connectivity index (χ1n) is 9.99. The average molecular weight is 419 g/mol. The molecule has 1 saturated heterocycles. The molecule has 5 nitrogen and oxygen atoms in total. The molecule has 1 heterocycles. The predicted molar refractivity (Wildman–Crippen MR) is 109 cm³/mol. The fourth-order valence-corrected chi connectivity index (χ4v) is 3.23. The van der Waals surface area contributed by atoms with Crippen LogP contribution in [0.5, 0.6) is 0 Å². The maximum absolute atomic E-state index is 14.0. The Bertz CT molecular complexity index is 839. The first-order chi connectivity index (χ1) is 14.2. The highest BCUT2D eigenvalue weighted by atomic mass is 19.3. The Hall–Kier alpha value is -2.72. The van der Waals surface area contributed by atoms with Gasteiger partial charge in [0.05, 0.1) is 17.7 Å². The predicted octanol–water partition coefficient (Wildman–Crippen LogP) is 3.52. The molecule has 162 valence electrons. The molecule has 1 aromatic carbocycles. The lowest BCUT2D eigenvalue weighted by Crippen LogP contribution is -2.37. The number of carboxylic acids is 1. The Kier molecular flexibility index (Phi) is 8.13. The third-order valence-electron chi connectivity index (χ3n) is 5.12. The highest BCUT2D eigenvalue weighted by molar-refractivity contribution is 5.87. The summed E-state index contributed by atoms with van der Waals surface area (Å²) in [5.74, 6) is 0.0181. The van der Waals surface area contributed by atoms with Gasteiger partial charge in [0.25, 0.3) is 5.91 Å². The molecule has 1 aliphatic heterocycles. The number of hydrogen-bond acceptors (Lipinski definition) is 3. The van der Waals surface area contributed by atoms with E-state index in [1.165, 1.54) is 24.3 Å². The number of benzene rings is 1. The van der Waals surface area contributed by atoms with Crippen LogP contribution in [0.2, 0.25) is 0 Å². The minimum absolute atomic E-state index is 0.0729. The average Bonchev–Trinajstić information content (AvgIpc) is 2.93. The van der Waals surface area contributed by atoms with Crippen molar-refractivity contribution in [2.45, 2.75) is 57.6 Å². The lowest BCUT2D eigenvalue weighted by atomic mass is 9.99. The number of hydrogen-bond donors (Lipinski definition) is 2. The monoisotopic (exact) mass is 419 g/mol. The molecule has 0 bridgehead atoms. The van der Waals surface area contributed by atoms with Crippen molar-refractivity contribution < 1.29 is 28.6 Å². The summed E-state index contributed by atoms with van der Waals surface area (Å²) in [4.78, 5) is 24.2. The van der Waals surface area contributed by atoms with Crippen LogP contribution in [0.15, 0.2) is 36.4 Å². The molecule has 3 atom stereocenters. The van der Waals surface area contributed by atoms with Crippen LogP contribution < -0.4 is 0 Å². The van der Waals surface area contributed by atoms with E-state index in [0.717, 1.165) is 16.9 Å². The first kappa shape index (κ1) is 23.6. The largest absolute Gasteiger partial charge is 0.478 e. The van der Waals surface area contributed by atoms with Gasteiger partial charge in [-0.1, -0.05) is 38.1 Å². The van der Waals surface area contributed by atoms with Crippen molar-refractivity contribution in [2.24, 2.45) is 5.92 Å². The van der Waals surface area contributed by atoms with Crippen molar-refractivity contribution in [1.82, 2.24) is 4.90 Å². The highest BCUT2D eigenvalue weighted by Crippen LogP contribution is 2.34. The van der Waals surface area contributed by atoms with Gasteiger partial charge >= 0.3 is 11.9 Å². The Morgan fingerprint density at radius 3 is 2.60 bits per heavy atom. The molecule has 0 spiro atoms. The van der Waals surface area contributed by atoms with Gasteiger partial charge in [-0.25, -0.2) is 4.79 Å². The lowest BCUT2D eigenvalue weighted by Gasteiger charge is -2.22. The van der Waals surface area contributed by atoms with E-state index in [4.69, 9.17) is 5.11 Å². The first-order valence-corrected chi connectivity index (χ1v) is 9.99. The number of aliphatic hydroxyl groups excluding tert-OH is 1. The van der Waals surface area contributed by atoms with E-state index >= 15 is 0 Å². The van der Waals surface area contributed by atoms with Crippen LogP contribution in [0.25, 0.3) is 0 Å². The van der Waals surface area contributed by atoms with Crippen molar-refractivity contribution in [3.05, 3.63) is 47.5 Å². The van der Waals surface area contributed by atoms with Gasteiger partial charge in [0.2, 0.25) is 0 Å². The number of carbonyl (C=O) groups is 2. The number of alkyl halides is 2. The van der Waals surface area contributed by atoms with E-state index in [-0.39, 0.29) is 18.0 Å². The topological polar surface area (TPSA) is 77.8 Å². The smallest absolute Gasteiger partial charge is 0.335 e. The van der Waals surface area contributed by atoms with Crippen molar-refractivity contribution in [3.8, 4) is 11.8 Å². The molecule has 2 N–H and O–H groups in total. The number of nitrogens with zero attached hydrogens (tertiary/aromatic N) is 1. The van der Waals surface area contributed by atoms with E-state index in [0.29, 0.717) is 12.8 Å². The molecule has 1 amide bonds. The Morgan fingerprint density at radius 1 is 1.33 bits per heavy atom. The second-order valence-corrected chi connectivity index (χ2v) is 7.49. The Morgan fingerprint density at radius 2 is 2.00 bits per heavy atom. The molecular weight excluding hydrogens is 392 g/mol. The number of aliphatic hydroxyl groups is 1. The second kappa shape index (κ2) is 10.4. The van der Waals surface area contributed by atoms with E-state index < -0.39 is 36.4 Å². The van der Waals surface area contributed by atoms with Crippen molar-refractivity contribution in [1.29, 1.82) is 0 Å². The number of halogens is 2. The third kappa shape index (κ3) is 6.14. The van der Waals surface area contributed by atoms with Gasteiger partial charge in [0, 0.05) is 25.8 Å². The molecule has 1 fully saturated rings. The van der Waals surface area contributed by atoms with Crippen LogP contribution in [0.3, 0.4) is 0 Å². The SMILES string of the molecule is CCC#CCC(C)[C@@H](O)C=C[C@H]1CC(F)(F)C(=O)N1CCc1ccc(C(=O)O)cc1. The summed E-state index contributed by atoms with van der Waals surface area (Å²) in [6, 6.07) is 5.28. The minimum atomic E-state index is -3.44. The number of carbonyl (C=O) groups excluding carboxylic acids is 1. The summed E-state index contributed by atoms with van der Waals surface area (Å²) >= 11 is 0. The van der Waals surface area contributed by atoms with Crippen LogP contribution in [0.4, 0.5) is 8.78 Å². The maximum Gasteiger partial charge on any atom is 0.335 e. The van der Waals surface area contributed by atoms with Crippen molar-refractivity contribution in [3.63, 3.8) is 0 Å². The molecular formula is C23H27F2NO4. The fraction of sp³-hybridized carbons (Fsp3) is 0.478. The Balaban J connectivity index is 2.04. The van der Waals surface area contributed by atoms with Crippen LogP contribution in [-0.2, 0) is 11.2 Å². The van der Waals surface area contributed by atoms with Crippen LogP contribution in [-0.4, -0.2) is 51.6 Å². The normalized spacial score (nSPS) is 20.1. The molecule has 0 aromatic heterocycles. The van der Waals surface area contributed by atoms with E-state index in [2.05, 4.69) is 11.8 Å². The summed E-state index contributed by atoms with van der Waals surface area (Å²) in [7, 11) is 0. The van der Waals surface area contributed by atoms with Gasteiger partial charge < -0.3 is 15.1 Å². The van der Waals surface area contributed by atoms with E-state index in [1.54, 1.807) is 12.1 Å². The van der Waals surface area contributed by atoms with Gasteiger partial charge in [-0.15, -0.1) is 11.8 Å². The van der Waals surface area contributed by atoms with Crippen LogP contribution in [0, 0.1) is 17.8 Å². The second-order valence-electron chi connectivity index (χ2n) is 7.49. The lowest BCUT2D eigenvalue weighted by molar-refractivity contribution is -0.148. The molecule has 7 heteroatoms. The molecule has 1 unspecified atom stereocenters. The van der Waals surface area contributed by atoms with Crippen LogP contribution in [0.1, 0.15) is 49.0 Å². The molecule has 1 aromatic rings. The minimum Gasteiger partial charge on any atom is -0.478 e. The fourth-order valence-electron chi connectivity index (χ4n) is 3.23. The van der Waals surface area contributed by atoms with Gasteiger partial charge in [-0.05, 0) is 30.0 Å². The number of aromatic carboxylic acids is 1. The van der Waals surface area contributed by atoms with Crippen molar-refractivity contribution in [2.75, 3.05) is 6.54 Å². The zero-order valence-electron chi connectivity index (χ0n) is 17.1. The molecule has 2 rings (SSSR count). The molecule has 1 aliphatic rings. The molecule has 0 saturated carbocycles. The van der Waals surface area contributed by atoms with Crippen LogP contribution >= 0.6 is 0 Å². The summed E-state index contributed by atoms with van der Waals surface area (Å²) in [6.45, 7) is 3.83. The summed E-state index contributed by atoms with van der Waals surface area (Å²) in [5, 5.41) is 19.2. The number of carboxylic acid groups (broad SMARTS) is 1. The quantitative estimate of drug-likeness (QED) is 0.499. The maximum atomic E-state index is 14.0. The van der Waals surface area contributed by atoms with Gasteiger partial charge in [0.15, 0.2) is 0 Å². The zero-order valence-corrected chi connectivity index (χ0v) is 17.1. The number of amides is 1. The molecule has 0 aliphatic carbocycles. The Labute approximate surface area is 175 Å². The third-order valence-corrected chi connectivity index (χ3v) is 5.12. The summed E-state index contributed by atoms with van der Waals surface area (Å²) in [5.41, 5.74) is 0.879.